The SMILES string of the molecule is Nc1c(N2CCc3ccc(CNC(=O)c4ccc5nccn5c4)cc3C2)c(=O)c1=O. The van der Waals surface area contributed by atoms with Gasteiger partial charge in [0.15, 0.2) is 0 Å². The summed E-state index contributed by atoms with van der Waals surface area (Å²) in [4.78, 5) is 41.8. The van der Waals surface area contributed by atoms with Crippen molar-refractivity contribution >= 4 is 22.9 Å². The minimum atomic E-state index is -0.596. The molecule has 3 N–H and O–H groups in total. The van der Waals surface area contributed by atoms with Crippen LogP contribution in [0, 0.1) is 0 Å². The van der Waals surface area contributed by atoms with Crippen molar-refractivity contribution in [3.8, 4) is 0 Å². The van der Waals surface area contributed by atoms with Gasteiger partial charge in [0, 0.05) is 38.2 Å². The van der Waals surface area contributed by atoms with E-state index in [4.69, 9.17) is 5.73 Å². The van der Waals surface area contributed by atoms with Gasteiger partial charge in [0.05, 0.1) is 5.56 Å². The summed E-state index contributed by atoms with van der Waals surface area (Å²) in [5.74, 6) is -0.165. The highest BCUT2D eigenvalue weighted by molar-refractivity contribution is 5.94. The van der Waals surface area contributed by atoms with Crippen LogP contribution in [0.1, 0.15) is 27.0 Å². The highest BCUT2D eigenvalue weighted by atomic mass is 16.2. The third kappa shape index (κ3) is 2.93. The zero-order valence-corrected chi connectivity index (χ0v) is 16.1. The van der Waals surface area contributed by atoms with Gasteiger partial charge < -0.3 is 20.4 Å². The fraction of sp³-hybridized carbons (Fsp3) is 0.182. The number of hydrogen-bond acceptors (Lipinski definition) is 6. The van der Waals surface area contributed by atoms with Gasteiger partial charge in [-0.15, -0.1) is 0 Å². The molecule has 0 spiro atoms. The number of fused-ring (bicyclic) bond motifs is 2. The summed E-state index contributed by atoms with van der Waals surface area (Å²) >= 11 is 0. The van der Waals surface area contributed by atoms with E-state index >= 15 is 0 Å². The number of nitrogens with two attached hydrogens (primary N) is 1. The van der Waals surface area contributed by atoms with Gasteiger partial charge in [0.2, 0.25) is 0 Å². The van der Waals surface area contributed by atoms with Gasteiger partial charge >= 0.3 is 0 Å². The molecule has 0 unspecified atom stereocenters. The molecule has 4 aromatic rings. The summed E-state index contributed by atoms with van der Waals surface area (Å²) < 4.78 is 1.80. The van der Waals surface area contributed by atoms with Crippen LogP contribution >= 0.6 is 0 Å². The Labute approximate surface area is 171 Å². The molecular weight excluding hydrogens is 382 g/mol. The number of benzene rings is 1. The Morgan fingerprint density at radius 3 is 2.83 bits per heavy atom. The Hall–Kier alpha value is -3.94. The molecule has 2 aromatic carbocycles. The van der Waals surface area contributed by atoms with Gasteiger partial charge in [0.1, 0.15) is 17.0 Å². The second-order valence-electron chi connectivity index (χ2n) is 7.49. The highest BCUT2D eigenvalue weighted by Crippen LogP contribution is 2.26. The summed E-state index contributed by atoms with van der Waals surface area (Å²) in [5.41, 5.74) is 9.58. The fourth-order valence-electron chi connectivity index (χ4n) is 3.96. The molecule has 0 atom stereocenters. The minimum absolute atomic E-state index is 0.0572. The van der Waals surface area contributed by atoms with E-state index in [0.29, 0.717) is 30.9 Å². The number of amides is 1. The van der Waals surface area contributed by atoms with Crippen molar-refractivity contribution in [1.29, 1.82) is 0 Å². The van der Waals surface area contributed by atoms with Crippen LogP contribution in [0.5, 0.6) is 0 Å². The number of nitrogens with zero attached hydrogens (tertiary/aromatic N) is 3. The van der Waals surface area contributed by atoms with Crippen molar-refractivity contribution in [2.24, 2.45) is 0 Å². The predicted molar refractivity (Wildman–Crippen MR) is 113 cm³/mol. The molecule has 1 aliphatic heterocycles. The second kappa shape index (κ2) is 6.84. The molecule has 0 fully saturated rings. The molecule has 0 saturated heterocycles. The Kier molecular flexibility index (Phi) is 4.13. The quantitative estimate of drug-likeness (QED) is 0.494. The van der Waals surface area contributed by atoms with Crippen LogP contribution in [-0.2, 0) is 19.5 Å². The number of aromatic nitrogens is 2. The summed E-state index contributed by atoms with van der Waals surface area (Å²) in [6.45, 7) is 1.55. The maximum atomic E-state index is 12.5. The van der Waals surface area contributed by atoms with Crippen molar-refractivity contribution in [2.75, 3.05) is 17.2 Å². The Balaban J connectivity index is 1.30. The lowest BCUT2D eigenvalue weighted by atomic mass is 9.96. The lowest BCUT2D eigenvalue weighted by molar-refractivity contribution is 0.0950. The molecule has 0 bridgehead atoms. The number of nitrogen functional groups attached to an aromatic ring is 1. The van der Waals surface area contributed by atoms with Crippen LogP contribution < -0.4 is 26.8 Å². The number of carbonyl (C=O) groups is 1. The van der Waals surface area contributed by atoms with Gasteiger partial charge in [-0.25, -0.2) is 4.98 Å². The zero-order chi connectivity index (χ0) is 20.8. The second-order valence-corrected chi connectivity index (χ2v) is 7.49. The molecule has 2 aromatic heterocycles. The maximum absolute atomic E-state index is 12.5. The van der Waals surface area contributed by atoms with E-state index in [1.54, 1.807) is 35.1 Å². The third-order valence-electron chi connectivity index (χ3n) is 5.62. The number of pyridine rings is 1. The Morgan fingerprint density at radius 1 is 1.13 bits per heavy atom. The molecule has 1 amide bonds. The van der Waals surface area contributed by atoms with E-state index in [1.165, 1.54) is 5.56 Å². The van der Waals surface area contributed by atoms with E-state index < -0.39 is 10.9 Å². The summed E-state index contributed by atoms with van der Waals surface area (Å²) in [6.07, 6.45) is 6.00. The van der Waals surface area contributed by atoms with E-state index in [2.05, 4.69) is 16.4 Å². The van der Waals surface area contributed by atoms with Gasteiger partial charge in [0.25, 0.3) is 16.8 Å². The third-order valence-corrected chi connectivity index (χ3v) is 5.62. The molecule has 0 saturated carbocycles. The smallest absolute Gasteiger partial charge is 0.253 e. The number of rotatable bonds is 4. The molecule has 8 nitrogen and oxygen atoms in total. The van der Waals surface area contributed by atoms with Crippen LogP contribution in [0.15, 0.2) is 58.5 Å². The monoisotopic (exact) mass is 401 g/mol. The molecule has 8 heteroatoms. The van der Waals surface area contributed by atoms with Crippen molar-refractivity contribution in [1.82, 2.24) is 14.7 Å². The Bertz CT molecular complexity index is 1360. The summed E-state index contributed by atoms with van der Waals surface area (Å²) in [7, 11) is 0. The van der Waals surface area contributed by atoms with Gasteiger partial charge in [-0.1, -0.05) is 18.2 Å². The number of imidazole rings is 1. The Morgan fingerprint density at radius 2 is 2.00 bits per heavy atom. The highest BCUT2D eigenvalue weighted by Gasteiger charge is 2.26. The standard InChI is InChI=1S/C22H19N5O3/c23-18-19(21(29)20(18)28)27-7-5-14-2-1-13(9-16(14)12-27)10-25-22(30)15-3-4-17-24-6-8-26(17)11-15/h1-4,6,8-9,11H,5,7,10,12,23H2,(H,25,30). The molecule has 30 heavy (non-hydrogen) atoms. The van der Waals surface area contributed by atoms with Crippen LogP contribution in [0.25, 0.3) is 5.65 Å². The van der Waals surface area contributed by atoms with Gasteiger partial charge in [-0.3, -0.25) is 14.4 Å². The van der Waals surface area contributed by atoms with Gasteiger partial charge in [-0.2, -0.15) is 0 Å². The molecule has 150 valence electrons. The summed E-state index contributed by atoms with van der Waals surface area (Å²) in [5, 5.41) is 2.94. The summed E-state index contributed by atoms with van der Waals surface area (Å²) in [6, 6.07) is 9.63. The van der Waals surface area contributed by atoms with Crippen LogP contribution in [0.4, 0.5) is 11.4 Å². The normalized spacial score (nSPS) is 13.5. The molecule has 0 radical (unpaired) electrons. The van der Waals surface area contributed by atoms with E-state index in [-0.39, 0.29) is 11.6 Å². The van der Waals surface area contributed by atoms with Crippen LogP contribution in [-0.4, -0.2) is 21.8 Å². The lowest BCUT2D eigenvalue weighted by Gasteiger charge is -2.32. The number of anilines is 2. The zero-order valence-electron chi connectivity index (χ0n) is 16.1. The first-order chi connectivity index (χ1) is 14.5. The largest absolute Gasteiger partial charge is 0.394 e. The molecule has 0 aliphatic carbocycles. The minimum Gasteiger partial charge on any atom is -0.394 e. The molecule has 1 aliphatic rings. The average molecular weight is 401 g/mol. The van der Waals surface area contributed by atoms with Crippen molar-refractivity contribution < 1.29 is 4.79 Å². The fourth-order valence-corrected chi connectivity index (χ4v) is 3.96. The first-order valence-electron chi connectivity index (χ1n) is 9.66. The maximum Gasteiger partial charge on any atom is 0.253 e. The topological polar surface area (TPSA) is 110 Å². The van der Waals surface area contributed by atoms with E-state index in [0.717, 1.165) is 23.2 Å². The number of hydrogen-bond donors (Lipinski definition) is 2. The van der Waals surface area contributed by atoms with Crippen molar-refractivity contribution in [3.63, 3.8) is 0 Å². The number of carbonyl (C=O) groups excluding carboxylic acids is 1. The molecule has 5 rings (SSSR count). The number of nitrogens with one attached hydrogen (secondary N) is 1. The van der Waals surface area contributed by atoms with E-state index in [9.17, 15) is 14.4 Å². The predicted octanol–water partition coefficient (Wildman–Crippen LogP) is 1.01. The first kappa shape index (κ1) is 18.1. The van der Waals surface area contributed by atoms with Gasteiger partial charge in [-0.05, 0) is 35.2 Å². The molecular formula is C22H19N5O3. The lowest BCUT2D eigenvalue weighted by Crippen LogP contribution is -2.44. The average Bonchev–Trinajstić information content (AvgIpc) is 3.25. The first-order valence-corrected chi connectivity index (χ1v) is 9.66. The molecule has 3 heterocycles. The van der Waals surface area contributed by atoms with Crippen molar-refractivity contribution in [3.05, 3.63) is 91.6 Å². The van der Waals surface area contributed by atoms with Crippen LogP contribution in [0.2, 0.25) is 0 Å². The van der Waals surface area contributed by atoms with E-state index in [1.807, 2.05) is 17.0 Å². The van der Waals surface area contributed by atoms with Crippen LogP contribution in [0.3, 0.4) is 0 Å². The van der Waals surface area contributed by atoms with Crippen molar-refractivity contribution in [2.45, 2.75) is 19.5 Å².